The Kier molecular flexibility index (Phi) is 7.03. The molecule has 9 nitrogen and oxygen atoms in total. The van der Waals surface area contributed by atoms with Crippen molar-refractivity contribution in [2.45, 2.75) is 37.3 Å². The summed E-state index contributed by atoms with van der Waals surface area (Å²) in [5.74, 6) is -2.77. The predicted molar refractivity (Wildman–Crippen MR) is 108 cm³/mol. The summed E-state index contributed by atoms with van der Waals surface area (Å²) in [6, 6.07) is -1.46. The molecule has 2 aromatic rings. The van der Waals surface area contributed by atoms with Gasteiger partial charge in [0.2, 0.25) is 0 Å². The number of alkyl halides is 6. The van der Waals surface area contributed by atoms with E-state index in [1.54, 1.807) is 0 Å². The van der Waals surface area contributed by atoms with E-state index in [1.807, 2.05) is 0 Å². The van der Waals surface area contributed by atoms with Crippen molar-refractivity contribution in [2.75, 3.05) is 5.32 Å². The van der Waals surface area contributed by atoms with Gasteiger partial charge in [-0.3, -0.25) is 4.79 Å². The molecule has 0 fully saturated rings. The summed E-state index contributed by atoms with van der Waals surface area (Å²) in [4.78, 5) is 33.6. The van der Waals surface area contributed by atoms with Gasteiger partial charge in [-0.2, -0.15) is 26.3 Å². The summed E-state index contributed by atoms with van der Waals surface area (Å²) in [7, 11) is 0. The van der Waals surface area contributed by atoms with Crippen molar-refractivity contribution in [3.05, 3.63) is 52.2 Å². The lowest BCUT2D eigenvalue weighted by Crippen LogP contribution is -2.48. The van der Waals surface area contributed by atoms with Crippen LogP contribution in [0.25, 0.3) is 0 Å². The van der Waals surface area contributed by atoms with Gasteiger partial charge >= 0.3 is 18.4 Å². The highest BCUT2D eigenvalue weighted by atomic mass is 35.5. The number of pyridine rings is 2. The lowest BCUT2D eigenvalue weighted by Gasteiger charge is -2.37. The van der Waals surface area contributed by atoms with E-state index in [1.165, 1.54) is 5.32 Å². The largest absolute Gasteiger partial charge is 0.465 e. The van der Waals surface area contributed by atoms with Gasteiger partial charge < -0.3 is 15.2 Å². The van der Waals surface area contributed by atoms with Crippen LogP contribution < -0.4 is 10.6 Å². The van der Waals surface area contributed by atoms with E-state index in [9.17, 15) is 40.3 Å². The number of hydrogen-bond donors (Lipinski definition) is 3. The molecule has 0 spiro atoms. The van der Waals surface area contributed by atoms with Crippen molar-refractivity contribution in [1.29, 1.82) is 0 Å². The van der Waals surface area contributed by atoms with Crippen molar-refractivity contribution in [1.82, 2.24) is 15.3 Å². The molecule has 0 saturated heterocycles. The van der Waals surface area contributed by atoms with E-state index in [0.29, 0.717) is 12.3 Å². The van der Waals surface area contributed by atoms with Crippen LogP contribution in [-0.2, 0) is 16.5 Å². The first-order valence-corrected chi connectivity index (χ1v) is 9.92. The Morgan fingerprint density at radius 2 is 1.86 bits per heavy atom. The van der Waals surface area contributed by atoms with E-state index >= 15 is 0 Å². The highest BCUT2D eigenvalue weighted by Crippen LogP contribution is 2.40. The van der Waals surface area contributed by atoms with E-state index in [0.717, 1.165) is 19.1 Å². The lowest BCUT2D eigenvalue weighted by atomic mass is 9.91. The topological polar surface area (TPSA) is 126 Å². The Labute approximate surface area is 201 Å². The molecule has 17 heteroatoms. The molecule has 0 saturated carbocycles. The van der Waals surface area contributed by atoms with Crippen LogP contribution in [0, 0.1) is 5.82 Å². The molecule has 2 atom stereocenters. The summed E-state index contributed by atoms with van der Waals surface area (Å²) in [6.07, 6.45) is -12.2. The number of halogens is 8. The number of amidine groups is 1. The molecule has 1 aliphatic rings. The van der Waals surface area contributed by atoms with Gasteiger partial charge in [-0.25, -0.2) is 29.5 Å². The van der Waals surface area contributed by atoms with Crippen LogP contribution in [0.5, 0.6) is 0 Å². The third-order valence-electron chi connectivity index (χ3n) is 4.74. The maximum Gasteiger partial charge on any atom is 0.417 e. The molecule has 0 unspecified atom stereocenters. The number of amides is 2. The molecule has 194 valence electrons. The summed E-state index contributed by atoms with van der Waals surface area (Å²) >= 11 is 5.71. The van der Waals surface area contributed by atoms with Crippen LogP contribution in [-0.4, -0.2) is 45.3 Å². The van der Waals surface area contributed by atoms with Gasteiger partial charge in [0.1, 0.15) is 23.0 Å². The molecule has 2 amide bonds. The summed E-state index contributed by atoms with van der Waals surface area (Å²) < 4.78 is 98.3. The number of nitrogens with zero attached hydrogens (tertiary/aromatic N) is 3. The van der Waals surface area contributed by atoms with E-state index in [4.69, 9.17) is 21.4 Å². The van der Waals surface area contributed by atoms with Crippen molar-refractivity contribution >= 4 is 35.4 Å². The van der Waals surface area contributed by atoms with Gasteiger partial charge in [0.25, 0.3) is 11.9 Å². The number of carboxylic acid groups (broad SMARTS) is 1. The Balaban J connectivity index is 1.93. The zero-order valence-electron chi connectivity index (χ0n) is 17.6. The molecular weight excluding hydrogens is 531 g/mol. The maximum absolute atomic E-state index is 14.6. The molecule has 0 aliphatic carbocycles. The van der Waals surface area contributed by atoms with Crippen LogP contribution >= 0.6 is 11.6 Å². The quantitative estimate of drug-likeness (QED) is 0.481. The van der Waals surface area contributed by atoms with Crippen molar-refractivity contribution < 1.29 is 50.2 Å². The maximum atomic E-state index is 14.6. The fourth-order valence-corrected chi connectivity index (χ4v) is 3.39. The highest BCUT2D eigenvalue weighted by Gasteiger charge is 2.51. The van der Waals surface area contributed by atoms with Crippen molar-refractivity contribution in [3.63, 3.8) is 0 Å². The lowest BCUT2D eigenvalue weighted by molar-refractivity contribution is -0.164. The number of hydrogen-bond acceptors (Lipinski definition) is 6. The van der Waals surface area contributed by atoms with E-state index in [-0.39, 0.29) is 0 Å². The predicted octanol–water partition coefficient (Wildman–Crippen LogP) is 4.73. The third kappa shape index (κ3) is 5.92. The molecular formula is C19H13ClF7N5O4. The monoisotopic (exact) mass is 543 g/mol. The number of nitrogens with one attached hydrogen (secondary N) is 2. The number of rotatable bonds is 3. The number of aliphatic imine (C=N–C) groups is 1. The Bertz CT molecular complexity index is 1240. The molecule has 3 heterocycles. The van der Waals surface area contributed by atoms with Crippen LogP contribution in [0.4, 0.5) is 41.3 Å². The summed E-state index contributed by atoms with van der Waals surface area (Å²) in [6.45, 7) is 0.995. The minimum Gasteiger partial charge on any atom is -0.465 e. The van der Waals surface area contributed by atoms with Gasteiger partial charge in [-0.1, -0.05) is 11.6 Å². The van der Waals surface area contributed by atoms with E-state index in [2.05, 4.69) is 20.3 Å². The zero-order chi connectivity index (χ0) is 27.1. The Hall–Kier alpha value is -3.69. The van der Waals surface area contributed by atoms with Crippen LogP contribution in [0.2, 0.25) is 5.02 Å². The number of carbonyl (C=O) groups excluding carboxylic acids is 1. The molecule has 36 heavy (non-hydrogen) atoms. The average molecular weight is 544 g/mol. The van der Waals surface area contributed by atoms with E-state index < -0.39 is 82.0 Å². The molecule has 0 radical (unpaired) electrons. The average Bonchev–Trinajstić information content (AvgIpc) is 2.72. The normalized spacial score (nSPS) is 20.2. The Morgan fingerprint density at radius 1 is 1.19 bits per heavy atom. The third-order valence-corrected chi connectivity index (χ3v) is 5.03. The zero-order valence-corrected chi connectivity index (χ0v) is 18.4. The first-order valence-electron chi connectivity index (χ1n) is 9.54. The molecule has 3 rings (SSSR count). The summed E-state index contributed by atoms with van der Waals surface area (Å²) in [5, 5.41) is 11.8. The molecule has 0 aromatic carbocycles. The minimum atomic E-state index is -4.95. The van der Waals surface area contributed by atoms with Crippen LogP contribution in [0.15, 0.2) is 29.4 Å². The molecule has 3 N–H and O–H groups in total. The number of ether oxygens (including phenoxy) is 1. The minimum absolute atomic E-state index is 0.356. The van der Waals surface area contributed by atoms with Crippen molar-refractivity contribution in [2.24, 2.45) is 4.99 Å². The first kappa shape index (κ1) is 26.9. The summed E-state index contributed by atoms with van der Waals surface area (Å²) in [5.41, 5.74) is -4.83. The van der Waals surface area contributed by atoms with Gasteiger partial charge in [-0.15, -0.1) is 0 Å². The number of aromatic nitrogens is 2. The van der Waals surface area contributed by atoms with Gasteiger partial charge in [0, 0.05) is 12.6 Å². The highest BCUT2D eigenvalue weighted by molar-refractivity contribution is 6.34. The van der Waals surface area contributed by atoms with Gasteiger partial charge in [0.05, 0.1) is 10.6 Å². The fourth-order valence-electron chi connectivity index (χ4n) is 3.14. The van der Waals surface area contributed by atoms with Gasteiger partial charge in [0.15, 0.2) is 11.6 Å². The van der Waals surface area contributed by atoms with Crippen LogP contribution in [0.3, 0.4) is 0 Å². The molecule has 1 aliphatic heterocycles. The second-order valence-electron chi connectivity index (χ2n) is 7.49. The van der Waals surface area contributed by atoms with Gasteiger partial charge in [-0.05, 0) is 25.1 Å². The molecule has 0 bridgehead atoms. The second-order valence-corrected chi connectivity index (χ2v) is 7.90. The second kappa shape index (κ2) is 9.40. The smallest absolute Gasteiger partial charge is 0.417 e. The fraction of sp³-hybridized carbons (Fsp3) is 0.316. The molecule has 2 aromatic heterocycles. The SMILES string of the molecule is C[C@@]1(c2nc(NC(=O)c3ncc(C(F)(F)F)cc3Cl)ccc2F)C[C@@H](C(F)(F)F)N=C(NC(=O)O)O1. The number of carbonyl (C=O) groups is 2. The van der Waals surface area contributed by atoms with Crippen LogP contribution in [0.1, 0.15) is 35.1 Å². The standard InChI is InChI=1S/C19H13ClF7N5O4/c1-17(5-10(19(25,26)27)29-15(36-17)32-16(34)35)13-9(21)2-3-11(30-13)31-14(33)12-8(20)4-7(6-28-12)18(22,23)24/h2-4,6,10H,5H2,1H3,(H,29,32)(H,34,35)(H,30,31,33)/t10-,17-/m0/s1. The number of anilines is 1. The Morgan fingerprint density at radius 3 is 2.42 bits per heavy atom. The van der Waals surface area contributed by atoms with Crippen molar-refractivity contribution in [3.8, 4) is 0 Å². The first-order chi connectivity index (χ1) is 16.5.